The Kier molecular flexibility index (Phi) is 4.70. The molecule has 114 valence electrons. The maximum atomic E-state index is 12.4. The van der Waals surface area contributed by atoms with Crippen molar-refractivity contribution < 1.29 is 4.79 Å². The van der Waals surface area contributed by atoms with Gasteiger partial charge in [0.15, 0.2) is 0 Å². The Labute approximate surface area is 130 Å². The molecule has 1 amide bonds. The number of nitrogens with one attached hydrogen (secondary N) is 1. The van der Waals surface area contributed by atoms with Gasteiger partial charge in [-0.2, -0.15) is 5.26 Å². The van der Waals surface area contributed by atoms with Gasteiger partial charge in [0.2, 0.25) is 5.91 Å². The molecule has 1 unspecified atom stereocenters. The minimum Gasteiger partial charge on any atom is -0.330 e. The van der Waals surface area contributed by atoms with Gasteiger partial charge in [0.25, 0.3) is 0 Å². The van der Waals surface area contributed by atoms with Gasteiger partial charge in [0.1, 0.15) is 11.1 Å². The Morgan fingerprint density at radius 3 is 2.76 bits per heavy atom. The molecule has 0 radical (unpaired) electrons. The van der Waals surface area contributed by atoms with Gasteiger partial charge >= 0.3 is 0 Å². The zero-order valence-electron chi connectivity index (χ0n) is 13.0. The Morgan fingerprint density at radius 1 is 1.48 bits per heavy atom. The van der Waals surface area contributed by atoms with E-state index in [1.807, 2.05) is 0 Å². The van der Waals surface area contributed by atoms with E-state index in [1.165, 1.54) is 4.88 Å². The summed E-state index contributed by atoms with van der Waals surface area (Å²) in [6.45, 7) is 6.63. The summed E-state index contributed by atoms with van der Waals surface area (Å²) in [5, 5.41) is 13.0. The van der Waals surface area contributed by atoms with Gasteiger partial charge in [-0.1, -0.05) is 20.8 Å². The van der Waals surface area contributed by atoms with E-state index in [1.54, 1.807) is 11.3 Å². The van der Waals surface area contributed by atoms with Gasteiger partial charge in [0, 0.05) is 11.4 Å². The fourth-order valence-corrected chi connectivity index (χ4v) is 4.09. The fourth-order valence-electron chi connectivity index (χ4n) is 2.85. The number of aryl methyl sites for hydroxylation is 1. The molecule has 0 aliphatic heterocycles. The van der Waals surface area contributed by atoms with Gasteiger partial charge in [-0.25, -0.2) is 0 Å². The maximum absolute atomic E-state index is 12.4. The normalized spacial score (nSPS) is 15.4. The van der Waals surface area contributed by atoms with Crippen molar-refractivity contribution in [3.8, 4) is 6.07 Å². The third kappa shape index (κ3) is 3.63. The molecule has 1 aromatic heterocycles. The van der Waals surface area contributed by atoms with Gasteiger partial charge in [-0.05, 0) is 36.7 Å². The van der Waals surface area contributed by atoms with Crippen LogP contribution in [0.25, 0.3) is 0 Å². The third-order valence-electron chi connectivity index (χ3n) is 3.78. The van der Waals surface area contributed by atoms with Crippen LogP contribution in [0.5, 0.6) is 0 Å². The second-order valence-electron chi connectivity index (χ2n) is 6.86. The van der Waals surface area contributed by atoms with Crippen LogP contribution in [-0.2, 0) is 17.6 Å². The van der Waals surface area contributed by atoms with Crippen molar-refractivity contribution in [3.05, 3.63) is 16.0 Å². The average molecular weight is 305 g/mol. The van der Waals surface area contributed by atoms with E-state index in [4.69, 9.17) is 5.73 Å². The standard InChI is InChI=1S/C16H23N3OS/c1-16(2,3)7-10(8-17)14(20)19-15-12(9-18)11-5-4-6-13(11)21-15/h10H,4-8,17H2,1-3H3,(H,19,20). The quantitative estimate of drug-likeness (QED) is 0.897. The van der Waals surface area contributed by atoms with Crippen LogP contribution in [-0.4, -0.2) is 12.5 Å². The minimum absolute atomic E-state index is 0.0522. The molecule has 0 spiro atoms. The molecule has 0 bridgehead atoms. The number of carbonyl (C=O) groups excluding carboxylic acids is 1. The molecular weight excluding hydrogens is 282 g/mol. The van der Waals surface area contributed by atoms with Crippen molar-refractivity contribution in [1.29, 1.82) is 5.26 Å². The molecule has 1 aliphatic rings. The van der Waals surface area contributed by atoms with Gasteiger partial charge in [0.05, 0.1) is 11.5 Å². The lowest BCUT2D eigenvalue weighted by Crippen LogP contribution is -2.32. The highest BCUT2D eigenvalue weighted by Crippen LogP contribution is 2.39. The molecule has 0 fully saturated rings. The van der Waals surface area contributed by atoms with Crippen LogP contribution in [0.1, 0.15) is 49.6 Å². The number of fused-ring (bicyclic) bond motifs is 1. The van der Waals surface area contributed by atoms with E-state index >= 15 is 0 Å². The molecule has 1 heterocycles. The molecule has 0 saturated heterocycles. The Hall–Kier alpha value is -1.38. The molecule has 5 heteroatoms. The van der Waals surface area contributed by atoms with Crippen molar-refractivity contribution in [2.45, 2.75) is 46.5 Å². The topological polar surface area (TPSA) is 78.9 Å². The van der Waals surface area contributed by atoms with Crippen molar-refractivity contribution >= 4 is 22.2 Å². The van der Waals surface area contributed by atoms with Crippen LogP contribution in [0.2, 0.25) is 0 Å². The predicted octanol–water partition coefficient (Wildman–Crippen LogP) is 3.06. The first-order valence-corrected chi connectivity index (χ1v) is 8.23. The number of anilines is 1. The summed E-state index contributed by atoms with van der Waals surface area (Å²) in [5.74, 6) is -0.280. The van der Waals surface area contributed by atoms with Crippen LogP contribution >= 0.6 is 11.3 Å². The minimum atomic E-state index is -0.214. The molecule has 4 nitrogen and oxygen atoms in total. The van der Waals surface area contributed by atoms with Crippen LogP contribution < -0.4 is 11.1 Å². The number of hydrogen-bond donors (Lipinski definition) is 2. The number of amides is 1. The lowest BCUT2D eigenvalue weighted by molar-refractivity contribution is -0.120. The predicted molar refractivity (Wildman–Crippen MR) is 86.3 cm³/mol. The first kappa shape index (κ1) is 16.0. The van der Waals surface area contributed by atoms with E-state index in [0.29, 0.717) is 17.1 Å². The number of nitrogens with two attached hydrogens (primary N) is 1. The molecule has 0 saturated carbocycles. The molecule has 0 aromatic carbocycles. The van der Waals surface area contributed by atoms with Gasteiger partial charge < -0.3 is 11.1 Å². The Morgan fingerprint density at radius 2 is 2.19 bits per heavy atom. The molecule has 21 heavy (non-hydrogen) atoms. The van der Waals surface area contributed by atoms with E-state index < -0.39 is 0 Å². The second kappa shape index (κ2) is 6.17. The zero-order valence-corrected chi connectivity index (χ0v) is 13.8. The van der Waals surface area contributed by atoms with E-state index in [9.17, 15) is 10.1 Å². The number of carbonyl (C=O) groups is 1. The summed E-state index contributed by atoms with van der Waals surface area (Å²) in [7, 11) is 0. The number of rotatable bonds is 4. The monoisotopic (exact) mass is 305 g/mol. The fraction of sp³-hybridized carbons (Fsp3) is 0.625. The number of thiophene rings is 1. The largest absolute Gasteiger partial charge is 0.330 e. The number of hydrogen-bond acceptors (Lipinski definition) is 4. The molecule has 3 N–H and O–H groups in total. The Bertz CT molecular complexity index is 578. The highest BCUT2D eigenvalue weighted by atomic mass is 32.1. The van der Waals surface area contributed by atoms with Crippen LogP contribution in [0.15, 0.2) is 0 Å². The van der Waals surface area contributed by atoms with Crippen molar-refractivity contribution in [3.63, 3.8) is 0 Å². The molecule has 2 rings (SSSR count). The van der Waals surface area contributed by atoms with E-state index in [2.05, 4.69) is 32.2 Å². The summed E-state index contributed by atoms with van der Waals surface area (Å²) in [4.78, 5) is 13.7. The van der Waals surface area contributed by atoms with Crippen molar-refractivity contribution in [2.24, 2.45) is 17.1 Å². The summed E-state index contributed by atoms with van der Waals surface area (Å²) >= 11 is 1.55. The maximum Gasteiger partial charge on any atom is 0.229 e. The SMILES string of the molecule is CC(C)(C)CC(CN)C(=O)Nc1sc2c(c1C#N)CCC2. The number of nitriles is 1. The van der Waals surface area contributed by atoms with Crippen LogP contribution in [0, 0.1) is 22.7 Å². The van der Waals surface area contributed by atoms with E-state index in [-0.39, 0.29) is 17.2 Å². The van der Waals surface area contributed by atoms with Gasteiger partial charge in [-0.3, -0.25) is 4.79 Å². The molecule has 1 aromatic rings. The smallest absolute Gasteiger partial charge is 0.229 e. The van der Waals surface area contributed by atoms with Crippen LogP contribution in [0.3, 0.4) is 0 Å². The van der Waals surface area contributed by atoms with Crippen LogP contribution in [0.4, 0.5) is 5.00 Å². The molecule has 1 aliphatic carbocycles. The molecule has 1 atom stereocenters. The summed E-state index contributed by atoms with van der Waals surface area (Å²) in [6.07, 6.45) is 3.82. The highest BCUT2D eigenvalue weighted by Gasteiger charge is 2.27. The summed E-state index contributed by atoms with van der Waals surface area (Å²) < 4.78 is 0. The van der Waals surface area contributed by atoms with E-state index in [0.717, 1.165) is 31.2 Å². The third-order valence-corrected chi connectivity index (χ3v) is 4.99. The first-order chi connectivity index (χ1) is 9.85. The summed E-state index contributed by atoms with van der Waals surface area (Å²) in [5.41, 5.74) is 7.60. The highest BCUT2D eigenvalue weighted by molar-refractivity contribution is 7.16. The Balaban J connectivity index is 2.14. The first-order valence-electron chi connectivity index (χ1n) is 7.41. The number of nitrogens with zero attached hydrogens (tertiary/aromatic N) is 1. The zero-order chi connectivity index (χ0) is 15.6. The second-order valence-corrected chi connectivity index (χ2v) is 7.97. The lowest BCUT2D eigenvalue weighted by Gasteiger charge is -2.24. The summed E-state index contributed by atoms with van der Waals surface area (Å²) in [6, 6.07) is 2.25. The molecular formula is C16H23N3OS. The van der Waals surface area contributed by atoms with Gasteiger partial charge in [-0.15, -0.1) is 11.3 Å². The van der Waals surface area contributed by atoms with Crippen molar-refractivity contribution in [1.82, 2.24) is 0 Å². The lowest BCUT2D eigenvalue weighted by atomic mass is 9.84. The van der Waals surface area contributed by atoms with Crippen molar-refractivity contribution in [2.75, 3.05) is 11.9 Å². The average Bonchev–Trinajstić information content (AvgIpc) is 2.94.